The number of rotatable bonds is 8. The lowest BCUT2D eigenvalue weighted by molar-refractivity contribution is 0.445. The number of nitrogens with one attached hydrogen (secondary N) is 2. The van der Waals surface area contributed by atoms with Gasteiger partial charge < -0.3 is 5.32 Å². The van der Waals surface area contributed by atoms with E-state index in [-0.39, 0.29) is 17.4 Å². The van der Waals surface area contributed by atoms with E-state index in [2.05, 4.69) is 10.0 Å². The van der Waals surface area contributed by atoms with Crippen molar-refractivity contribution in [2.75, 3.05) is 6.44 Å². The number of hydrogen-bond acceptors (Lipinski definition) is 3. The molecule has 2 N–H and O–H groups in total. The summed E-state index contributed by atoms with van der Waals surface area (Å²) < 4.78 is 29.1. The summed E-state index contributed by atoms with van der Waals surface area (Å²) >= 11 is 0. The lowest BCUT2D eigenvalue weighted by Gasteiger charge is -2.29. The van der Waals surface area contributed by atoms with E-state index in [1.54, 1.807) is 24.3 Å². The first-order valence-corrected chi connectivity index (χ1v) is 10.6. The van der Waals surface area contributed by atoms with Crippen molar-refractivity contribution in [1.29, 1.82) is 0 Å². The van der Waals surface area contributed by atoms with E-state index >= 15 is 0 Å². The van der Waals surface area contributed by atoms with Gasteiger partial charge in [-0.2, -0.15) is 0 Å². The van der Waals surface area contributed by atoms with Gasteiger partial charge in [-0.3, -0.25) is 0 Å². The van der Waals surface area contributed by atoms with Gasteiger partial charge in [0, 0.05) is 0 Å². The third kappa shape index (κ3) is 4.90. The van der Waals surface area contributed by atoms with Crippen LogP contribution in [0.25, 0.3) is 0 Å². The molecule has 0 aliphatic rings. The van der Waals surface area contributed by atoms with Gasteiger partial charge in [0.15, 0.2) is 0 Å². The lowest BCUT2D eigenvalue weighted by Crippen LogP contribution is -2.39. The van der Waals surface area contributed by atoms with Gasteiger partial charge in [-0.15, -0.1) is 0 Å². The molecule has 0 aliphatic carbocycles. The van der Waals surface area contributed by atoms with Gasteiger partial charge in [-0.05, 0) is 36.6 Å². The third-order valence-electron chi connectivity index (χ3n) is 4.60. The molecule has 142 valence electrons. The molecule has 0 amide bonds. The van der Waals surface area contributed by atoms with Crippen LogP contribution in [-0.4, -0.2) is 22.7 Å². The van der Waals surface area contributed by atoms with Gasteiger partial charge in [0.25, 0.3) is 0 Å². The molecule has 3 aromatic carbocycles. The zero-order valence-corrected chi connectivity index (χ0v) is 16.6. The maximum absolute atomic E-state index is 13.1. The second-order valence-corrected chi connectivity index (χ2v) is 8.33. The predicted octanol–water partition coefficient (Wildman–Crippen LogP) is 3.47. The summed E-state index contributed by atoms with van der Waals surface area (Å²) in [6, 6.07) is 25.2. The molecule has 0 aliphatic heterocycles. The van der Waals surface area contributed by atoms with Gasteiger partial charge in [0.2, 0.25) is 10.0 Å². The van der Waals surface area contributed by atoms with Crippen LogP contribution in [-0.2, 0) is 10.0 Å². The molecule has 3 aromatic rings. The molecule has 6 heteroatoms. The van der Waals surface area contributed by atoms with Crippen molar-refractivity contribution in [3.05, 3.63) is 102 Å². The van der Waals surface area contributed by atoms with Gasteiger partial charge >= 0.3 is 0 Å². The maximum Gasteiger partial charge on any atom is 0.241 e. The molecule has 0 heterocycles. The summed E-state index contributed by atoms with van der Waals surface area (Å²) in [4.78, 5) is 0.235. The van der Waals surface area contributed by atoms with Crippen LogP contribution in [0.1, 0.15) is 28.8 Å². The fourth-order valence-corrected chi connectivity index (χ4v) is 4.39. The van der Waals surface area contributed by atoms with Crippen LogP contribution < -0.4 is 10.0 Å². The highest BCUT2D eigenvalue weighted by Crippen LogP contribution is 2.30. The first-order chi connectivity index (χ1) is 13.5. The lowest BCUT2D eigenvalue weighted by atomic mass is 9.93. The molecule has 28 heavy (non-hydrogen) atoms. The highest BCUT2D eigenvalue weighted by molar-refractivity contribution is 7.89. The monoisotopic (exact) mass is 390 g/mol. The minimum Gasteiger partial charge on any atom is -0.317 e. The molecule has 0 unspecified atom stereocenters. The van der Waals surface area contributed by atoms with Crippen LogP contribution in [0, 0.1) is 6.92 Å². The topological polar surface area (TPSA) is 58.2 Å². The summed E-state index contributed by atoms with van der Waals surface area (Å²) in [7, 11) is 2.06. The summed E-state index contributed by atoms with van der Waals surface area (Å²) in [5, 5.41) is 3.23. The van der Waals surface area contributed by atoms with E-state index in [9.17, 15) is 8.42 Å². The third-order valence-corrected chi connectivity index (χ3v) is 6.06. The summed E-state index contributed by atoms with van der Waals surface area (Å²) in [5.41, 5.74) is 2.81. The number of benzene rings is 3. The van der Waals surface area contributed by atoms with Crippen molar-refractivity contribution in [3.8, 4) is 0 Å². The Labute approximate surface area is 168 Å². The highest BCUT2D eigenvalue weighted by atomic mass is 32.2. The molecule has 0 saturated carbocycles. The number of hydrogen-bond donors (Lipinski definition) is 2. The second kappa shape index (κ2) is 9.19. The minimum atomic E-state index is -3.73. The average Bonchev–Trinajstić information content (AvgIpc) is 2.72. The van der Waals surface area contributed by atoms with Crippen LogP contribution >= 0.6 is 0 Å². The van der Waals surface area contributed by atoms with Gasteiger partial charge in [-0.25, -0.2) is 13.1 Å². The second-order valence-electron chi connectivity index (χ2n) is 6.62. The molecule has 0 saturated heterocycles. The summed E-state index contributed by atoms with van der Waals surface area (Å²) in [5.74, 6) is 0. The Morgan fingerprint density at radius 3 is 1.79 bits per heavy atom. The Hall–Kier alpha value is -2.41. The first kappa shape index (κ1) is 20.3. The quantitative estimate of drug-likeness (QED) is 0.579. The smallest absolute Gasteiger partial charge is 0.241 e. The predicted molar refractivity (Wildman–Crippen MR) is 114 cm³/mol. The Kier molecular flexibility index (Phi) is 6.67. The standard InChI is InChI=1S/C22H23BN2O2S/c1-17-12-14-20(15-13-17)28(26,27)25-22(19-10-6-3-7-11-19)21(24-16-23)18-8-4-2-5-9-18/h2-15,21-22,24-25H,16H2,1H3/t21-,22-/m0/s1. The Morgan fingerprint density at radius 1 is 0.786 bits per heavy atom. The fourth-order valence-electron chi connectivity index (χ4n) is 3.16. The van der Waals surface area contributed by atoms with Crippen LogP contribution in [0.3, 0.4) is 0 Å². The van der Waals surface area contributed by atoms with Gasteiger partial charge in [-0.1, -0.05) is 78.4 Å². The van der Waals surface area contributed by atoms with Crippen LogP contribution in [0.4, 0.5) is 0 Å². The van der Waals surface area contributed by atoms with Crippen molar-refractivity contribution < 1.29 is 8.42 Å². The van der Waals surface area contributed by atoms with Crippen molar-refractivity contribution in [3.63, 3.8) is 0 Å². The van der Waals surface area contributed by atoms with E-state index in [0.29, 0.717) is 0 Å². The molecular weight excluding hydrogens is 367 g/mol. The number of sulfonamides is 1. The molecule has 0 aromatic heterocycles. The van der Waals surface area contributed by atoms with E-state index in [0.717, 1.165) is 16.7 Å². The summed E-state index contributed by atoms with van der Waals surface area (Å²) in [6.07, 6.45) is 0.217. The normalized spacial score (nSPS) is 13.8. The van der Waals surface area contributed by atoms with Crippen molar-refractivity contribution in [1.82, 2.24) is 10.0 Å². The van der Waals surface area contributed by atoms with E-state index < -0.39 is 16.1 Å². The van der Waals surface area contributed by atoms with Crippen LogP contribution in [0.15, 0.2) is 89.8 Å². The van der Waals surface area contributed by atoms with Gasteiger partial charge in [0.1, 0.15) is 0 Å². The van der Waals surface area contributed by atoms with Crippen LogP contribution in [0.2, 0.25) is 0 Å². The molecule has 4 nitrogen and oxygen atoms in total. The molecule has 0 spiro atoms. The zero-order chi connectivity index (χ0) is 20.0. The molecule has 0 bridgehead atoms. The van der Waals surface area contributed by atoms with Crippen molar-refractivity contribution in [2.45, 2.75) is 23.9 Å². The first-order valence-electron chi connectivity index (χ1n) is 9.13. The van der Waals surface area contributed by atoms with Crippen molar-refractivity contribution >= 4 is 17.9 Å². The molecule has 2 atom stereocenters. The largest absolute Gasteiger partial charge is 0.317 e. The Morgan fingerprint density at radius 2 is 1.29 bits per heavy atom. The average molecular weight is 390 g/mol. The highest BCUT2D eigenvalue weighted by Gasteiger charge is 2.29. The fraction of sp³-hybridized carbons (Fsp3) is 0.182. The molecular formula is C22H23BN2O2S. The number of aryl methyl sites for hydroxylation is 1. The maximum atomic E-state index is 13.1. The van der Waals surface area contributed by atoms with Crippen molar-refractivity contribution in [2.24, 2.45) is 0 Å². The molecule has 0 fully saturated rings. The molecule has 3 rings (SSSR count). The van der Waals surface area contributed by atoms with E-state index in [1.165, 1.54) is 0 Å². The Balaban J connectivity index is 2.03. The summed E-state index contributed by atoms with van der Waals surface area (Å²) in [6.45, 7) is 1.92. The Bertz CT molecular complexity index is 978. The SMILES string of the molecule is [B]CN[C@@H](c1ccccc1)[C@@H](NS(=O)(=O)c1ccc(C)cc1)c1ccccc1. The van der Waals surface area contributed by atoms with E-state index in [1.807, 2.05) is 67.6 Å². The minimum absolute atomic E-state index is 0.217. The molecule has 2 radical (unpaired) electrons. The van der Waals surface area contributed by atoms with E-state index in [4.69, 9.17) is 7.85 Å². The van der Waals surface area contributed by atoms with Gasteiger partial charge in [0.05, 0.1) is 24.8 Å². The zero-order valence-electron chi connectivity index (χ0n) is 15.7. The van der Waals surface area contributed by atoms with Crippen LogP contribution in [0.5, 0.6) is 0 Å².